The molecule has 1 rings (SSSR count). The van der Waals surface area contributed by atoms with Crippen LogP contribution in [0.1, 0.15) is 47.5 Å². The second kappa shape index (κ2) is 5.69. The van der Waals surface area contributed by atoms with E-state index in [4.69, 9.17) is 9.47 Å². The Bertz CT molecular complexity index is 321. The predicted molar refractivity (Wildman–Crippen MR) is 67.0 cm³/mol. The minimum absolute atomic E-state index is 0.109. The average molecular weight is 257 g/mol. The van der Waals surface area contributed by atoms with Crippen LogP contribution in [0, 0.1) is 0 Å². The number of hydrogen-bond donors (Lipinski definition) is 1. The van der Waals surface area contributed by atoms with Gasteiger partial charge in [-0.05, 0) is 47.5 Å². The van der Waals surface area contributed by atoms with E-state index in [9.17, 15) is 9.59 Å². The SMILES string of the molecule is CC1CCC(C(=O)N[C@@H](C)C(=O)OC(C)(C)C)O1. The van der Waals surface area contributed by atoms with Crippen LogP contribution in [-0.2, 0) is 19.1 Å². The molecule has 5 nitrogen and oxygen atoms in total. The number of hydrogen-bond acceptors (Lipinski definition) is 4. The molecule has 0 radical (unpaired) electrons. The Morgan fingerprint density at radius 3 is 2.39 bits per heavy atom. The van der Waals surface area contributed by atoms with Crippen molar-refractivity contribution in [3.8, 4) is 0 Å². The van der Waals surface area contributed by atoms with Gasteiger partial charge in [0.15, 0.2) is 0 Å². The van der Waals surface area contributed by atoms with E-state index in [1.165, 1.54) is 0 Å². The van der Waals surface area contributed by atoms with E-state index in [-0.39, 0.29) is 12.0 Å². The van der Waals surface area contributed by atoms with Crippen LogP contribution >= 0.6 is 0 Å². The number of rotatable bonds is 3. The van der Waals surface area contributed by atoms with E-state index in [0.29, 0.717) is 6.42 Å². The Labute approximate surface area is 108 Å². The van der Waals surface area contributed by atoms with Gasteiger partial charge < -0.3 is 14.8 Å². The zero-order valence-corrected chi connectivity index (χ0v) is 11.8. The first kappa shape index (κ1) is 15.0. The van der Waals surface area contributed by atoms with Crippen LogP contribution in [-0.4, -0.2) is 35.7 Å². The van der Waals surface area contributed by atoms with Crippen LogP contribution in [0.25, 0.3) is 0 Å². The normalized spacial score (nSPS) is 25.6. The molecule has 104 valence electrons. The predicted octanol–water partition coefficient (Wildman–Crippen LogP) is 1.40. The standard InChI is InChI=1S/C13H23NO4/c1-8-6-7-10(17-8)11(15)14-9(2)12(16)18-13(3,4)5/h8-10H,6-7H2,1-5H3,(H,14,15)/t8?,9-,10?/m0/s1. The molecule has 1 aliphatic rings. The van der Waals surface area contributed by atoms with Gasteiger partial charge >= 0.3 is 5.97 Å². The molecule has 0 saturated carbocycles. The lowest BCUT2D eigenvalue weighted by atomic mass is 10.2. The molecule has 1 N–H and O–H groups in total. The first-order chi connectivity index (χ1) is 8.19. The lowest BCUT2D eigenvalue weighted by Gasteiger charge is -2.23. The molecule has 1 amide bonds. The molecular formula is C13H23NO4. The Morgan fingerprint density at radius 2 is 1.94 bits per heavy atom. The highest BCUT2D eigenvalue weighted by Crippen LogP contribution is 2.19. The fourth-order valence-corrected chi connectivity index (χ4v) is 1.75. The minimum atomic E-state index is -0.656. The number of esters is 1. The van der Waals surface area contributed by atoms with Crippen molar-refractivity contribution in [2.75, 3.05) is 0 Å². The summed E-state index contributed by atoms with van der Waals surface area (Å²) in [5.41, 5.74) is -0.547. The first-order valence-corrected chi connectivity index (χ1v) is 6.38. The van der Waals surface area contributed by atoms with Gasteiger partial charge in [-0.1, -0.05) is 0 Å². The van der Waals surface area contributed by atoms with Crippen molar-refractivity contribution in [1.82, 2.24) is 5.32 Å². The molecule has 1 saturated heterocycles. The van der Waals surface area contributed by atoms with E-state index in [0.717, 1.165) is 6.42 Å². The third-order valence-corrected chi connectivity index (χ3v) is 2.64. The van der Waals surface area contributed by atoms with Crippen molar-refractivity contribution in [3.05, 3.63) is 0 Å². The summed E-state index contributed by atoms with van der Waals surface area (Å²) < 4.78 is 10.6. The maximum absolute atomic E-state index is 11.8. The van der Waals surface area contributed by atoms with Crippen LogP contribution in [0.5, 0.6) is 0 Å². The molecule has 18 heavy (non-hydrogen) atoms. The molecule has 1 aliphatic heterocycles. The van der Waals surface area contributed by atoms with Gasteiger partial charge in [-0.25, -0.2) is 4.79 Å². The summed E-state index contributed by atoms with van der Waals surface area (Å²) in [6, 6.07) is -0.656. The molecule has 5 heteroatoms. The summed E-state index contributed by atoms with van der Waals surface area (Å²) >= 11 is 0. The Balaban J connectivity index is 2.42. The molecular weight excluding hydrogens is 234 g/mol. The van der Waals surface area contributed by atoms with Crippen LogP contribution in [0.15, 0.2) is 0 Å². The van der Waals surface area contributed by atoms with Crippen molar-refractivity contribution in [2.24, 2.45) is 0 Å². The highest BCUT2D eigenvalue weighted by atomic mass is 16.6. The Hall–Kier alpha value is -1.10. The molecule has 2 unspecified atom stereocenters. The molecule has 1 heterocycles. The van der Waals surface area contributed by atoms with Crippen LogP contribution in [0.2, 0.25) is 0 Å². The molecule has 0 spiro atoms. The van der Waals surface area contributed by atoms with Gasteiger partial charge in [0, 0.05) is 0 Å². The highest BCUT2D eigenvalue weighted by molar-refractivity contribution is 5.87. The zero-order chi connectivity index (χ0) is 13.9. The van der Waals surface area contributed by atoms with Crippen LogP contribution in [0.4, 0.5) is 0 Å². The van der Waals surface area contributed by atoms with Gasteiger partial charge in [0.05, 0.1) is 6.10 Å². The van der Waals surface area contributed by atoms with E-state index in [2.05, 4.69) is 5.32 Å². The van der Waals surface area contributed by atoms with Crippen LogP contribution < -0.4 is 5.32 Å². The molecule has 0 aromatic heterocycles. The second-order valence-electron chi connectivity index (χ2n) is 5.78. The molecule has 0 aromatic rings. The topological polar surface area (TPSA) is 64.6 Å². The van der Waals surface area contributed by atoms with Gasteiger partial charge in [-0.15, -0.1) is 0 Å². The fraction of sp³-hybridized carbons (Fsp3) is 0.846. The zero-order valence-electron chi connectivity index (χ0n) is 11.8. The van der Waals surface area contributed by atoms with Gasteiger partial charge in [0.2, 0.25) is 5.91 Å². The van der Waals surface area contributed by atoms with Crippen LogP contribution in [0.3, 0.4) is 0 Å². The maximum Gasteiger partial charge on any atom is 0.328 e. The third kappa shape index (κ3) is 4.64. The lowest BCUT2D eigenvalue weighted by Crippen LogP contribution is -2.46. The summed E-state index contributed by atoms with van der Waals surface area (Å²) in [4.78, 5) is 23.5. The first-order valence-electron chi connectivity index (χ1n) is 6.38. The van der Waals surface area contributed by atoms with Crippen molar-refractivity contribution in [1.29, 1.82) is 0 Å². The van der Waals surface area contributed by atoms with E-state index in [1.54, 1.807) is 27.7 Å². The molecule has 0 aromatic carbocycles. The minimum Gasteiger partial charge on any atom is -0.458 e. The van der Waals surface area contributed by atoms with Gasteiger partial charge in [0.25, 0.3) is 0 Å². The quantitative estimate of drug-likeness (QED) is 0.776. The van der Waals surface area contributed by atoms with E-state index < -0.39 is 23.7 Å². The monoisotopic (exact) mass is 257 g/mol. The number of carbonyl (C=O) groups excluding carboxylic acids is 2. The third-order valence-electron chi connectivity index (χ3n) is 2.64. The summed E-state index contributed by atoms with van der Waals surface area (Å²) in [7, 11) is 0. The Kier molecular flexibility index (Phi) is 4.73. The molecule has 1 fully saturated rings. The lowest BCUT2D eigenvalue weighted by molar-refractivity contribution is -0.158. The maximum atomic E-state index is 11.8. The molecule has 0 aliphatic carbocycles. The number of carbonyl (C=O) groups is 2. The van der Waals surface area contributed by atoms with E-state index >= 15 is 0 Å². The van der Waals surface area contributed by atoms with Gasteiger partial charge in [-0.3, -0.25) is 4.79 Å². The van der Waals surface area contributed by atoms with Crippen molar-refractivity contribution in [2.45, 2.75) is 71.3 Å². The van der Waals surface area contributed by atoms with Gasteiger partial charge in [-0.2, -0.15) is 0 Å². The van der Waals surface area contributed by atoms with Gasteiger partial charge in [0.1, 0.15) is 17.7 Å². The second-order valence-corrected chi connectivity index (χ2v) is 5.78. The number of ether oxygens (including phenoxy) is 2. The summed E-state index contributed by atoms with van der Waals surface area (Å²) in [5, 5.41) is 2.63. The molecule has 0 bridgehead atoms. The summed E-state index contributed by atoms with van der Waals surface area (Å²) in [6.45, 7) is 8.93. The van der Waals surface area contributed by atoms with Crippen molar-refractivity contribution >= 4 is 11.9 Å². The fourth-order valence-electron chi connectivity index (χ4n) is 1.75. The highest BCUT2D eigenvalue weighted by Gasteiger charge is 2.31. The van der Waals surface area contributed by atoms with Crippen molar-refractivity contribution in [3.63, 3.8) is 0 Å². The molecule has 3 atom stereocenters. The van der Waals surface area contributed by atoms with E-state index in [1.807, 2.05) is 6.92 Å². The van der Waals surface area contributed by atoms with Crippen molar-refractivity contribution < 1.29 is 19.1 Å². The number of nitrogens with one attached hydrogen (secondary N) is 1. The smallest absolute Gasteiger partial charge is 0.328 e. The summed E-state index contributed by atoms with van der Waals surface area (Å²) in [6.07, 6.45) is 1.25. The average Bonchev–Trinajstić information content (AvgIpc) is 2.62. The Morgan fingerprint density at radius 1 is 1.33 bits per heavy atom. The largest absolute Gasteiger partial charge is 0.458 e. The summed E-state index contributed by atoms with van der Waals surface area (Å²) in [5.74, 6) is -0.667. The number of amides is 1.